The molecule has 2 saturated carbocycles. The van der Waals surface area contributed by atoms with Crippen LogP contribution in [0.3, 0.4) is 0 Å². The van der Waals surface area contributed by atoms with Crippen LogP contribution in [0.1, 0.15) is 37.2 Å². The van der Waals surface area contributed by atoms with Gasteiger partial charge in [-0.1, -0.05) is 6.07 Å². The Balaban J connectivity index is 1.60. The first-order valence-corrected chi connectivity index (χ1v) is 10.9. The van der Waals surface area contributed by atoms with E-state index in [0.29, 0.717) is 38.9 Å². The highest BCUT2D eigenvalue weighted by Crippen LogP contribution is 2.66. The third-order valence-corrected chi connectivity index (χ3v) is 7.53. The molecule has 2 aliphatic rings. The zero-order valence-electron chi connectivity index (χ0n) is 17.2. The number of anilines is 1. The summed E-state index contributed by atoms with van der Waals surface area (Å²) in [6.45, 7) is 0. The van der Waals surface area contributed by atoms with Gasteiger partial charge in [-0.25, -0.2) is 4.39 Å². The van der Waals surface area contributed by atoms with Gasteiger partial charge < -0.3 is 10.7 Å². The molecule has 1 spiro atoms. The molecule has 6 nitrogen and oxygen atoms in total. The Kier molecular flexibility index (Phi) is 3.32. The molecule has 5 aromatic rings. The first kappa shape index (κ1) is 17.9. The summed E-state index contributed by atoms with van der Waals surface area (Å²) in [4.78, 5) is 20.6. The Hall–Kier alpha value is -3.74. The van der Waals surface area contributed by atoms with Crippen LogP contribution in [0.25, 0.3) is 43.8 Å². The molecule has 0 saturated heterocycles. The molecular formula is C25H20FN5O. The minimum Gasteiger partial charge on any atom is -0.394 e. The third-order valence-electron chi connectivity index (χ3n) is 7.53. The number of nitrogen functional groups attached to an aromatic ring is 1. The van der Waals surface area contributed by atoms with Gasteiger partial charge in [0, 0.05) is 27.9 Å². The predicted octanol–water partition coefficient (Wildman–Crippen LogP) is 5.00. The van der Waals surface area contributed by atoms with Crippen molar-refractivity contribution in [3.8, 4) is 11.1 Å². The molecular weight excluding hydrogens is 405 g/mol. The summed E-state index contributed by atoms with van der Waals surface area (Å²) in [5, 5.41) is 9.08. The number of pyridine rings is 2. The van der Waals surface area contributed by atoms with Gasteiger partial charge in [-0.05, 0) is 72.4 Å². The summed E-state index contributed by atoms with van der Waals surface area (Å²) < 4.78 is 14.3. The van der Waals surface area contributed by atoms with Crippen LogP contribution in [0.4, 0.5) is 10.1 Å². The van der Waals surface area contributed by atoms with Crippen molar-refractivity contribution < 1.29 is 4.39 Å². The zero-order chi connectivity index (χ0) is 21.6. The predicted molar refractivity (Wildman–Crippen MR) is 123 cm³/mol. The van der Waals surface area contributed by atoms with Crippen LogP contribution in [0.15, 0.2) is 47.5 Å². The van der Waals surface area contributed by atoms with E-state index in [9.17, 15) is 9.18 Å². The molecule has 0 bridgehead atoms. The van der Waals surface area contributed by atoms with Crippen molar-refractivity contribution in [1.82, 2.24) is 20.2 Å². The molecule has 0 aliphatic heterocycles. The Morgan fingerprint density at radius 1 is 1.09 bits per heavy atom. The van der Waals surface area contributed by atoms with E-state index in [4.69, 9.17) is 10.7 Å². The van der Waals surface area contributed by atoms with Crippen molar-refractivity contribution in [2.75, 3.05) is 5.73 Å². The van der Waals surface area contributed by atoms with Gasteiger partial charge in [0.2, 0.25) is 0 Å². The second kappa shape index (κ2) is 5.94. The molecule has 7 heteroatoms. The molecule has 7 rings (SSSR count). The second-order valence-electron chi connectivity index (χ2n) is 9.39. The van der Waals surface area contributed by atoms with Crippen molar-refractivity contribution in [3.05, 3.63) is 64.5 Å². The molecule has 0 amide bonds. The molecule has 2 aliphatic carbocycles. The largest absolute Gasteiger partial charge is 0.394 e. The van der Waals surface area contributed by atoms with Crippen LogP contribution >= 0.6 is 0 Å². The van der Waals surface area contributed by atoms with E-state index in [-0.39, 0.29) is 11.2 Å². The van der Waals surface area contributed by atoms with Crippen LogP contribution in [-0.4, -0.2) is 20.2 Å². The average Bonchev–Trinajstić information content (AvgIpc) is 3.42. The fraction of sp³-hybridized carbons (Fsp3) is 0.240. The van der Waals surface area contributed by atoms with Crippen LogP contribution < -0.4 is 11.3 Å². The zero-order valence-corrected chi connectivity index (χ0v) is 17.2. The molecule has 0 unspecified atom stereocenters. The Labute approximate surface area is 181 Å². The van der Waals surface area contributed by atoms with Crippen molar-refractivity contribution in [2.45, 2.75) is 31.6 Å². The lowest BCUT2D eigenvalue weighted by atomic mass is 9.68. The van der Waals surface area contributed by atoms with E-state index in [1.54, 1.807) is 18.5 Å². The molecule has 3 aromatic heterocycles. The Morgan fingerprint density at radius 3 is 2.75 bits per heavy atom. The van der Waals surface area contributed by atoms with Crippen molar-refractivity contribution in [3.63, 3.8) is 0 Å². The molecule has 0 atom stereocenters. The van der Waals surface area contributed by atoms with E-state index in [1.807, 2.05) is 12.1 Å². The maximum atomic E-state index is 14.3. The summed E-state index contributed by atoms with van der Waals surface area (Å²) in [6, 6.07) is 9.08. The minimum atomic E-state index is -0.395. The van der Waals surface area contributed by atoms with E-state index >= 15 is 0 Å². The highest BCUT2D eigenvalue weighted by atomic mass is 19.1. The number of benzene rings is 2. The summed E-state index contributed by atoms with van der Waals surface area (Å²) >= 11 is 0. The molecule has 3 heterocycles. The molecule has 32 heavy (non-hydrogen) atoms. The fourth-order valence-electron chi connectivity index (χ4n) is 5.66. The quantitative estimate of drug-likeness (QED) is 0.347. The minimum absolute atomic E-state index is 0.119. The van der Waals surface area contributed by atoms with Crippen LogP contribution in [-0.2, 0) is 0 Å². The number of hydrogen-bond donors (Lipinski definition) is 3. The lowest BCUT2D eigenvalue weighted by Crippen LogP contribution is -2.23. The maximum Gasteiger partial charge on any atom is 0.272 e. The number of hydrogen-bond acceptors (Lipinski definition) is 4. The summed E-state index contributed by atoms with van der Waals surface area (Å²) in [5.74, 6) is 0.0518. The number of H-pyrrole nitrogens is 2. The number of nitrogens with two attached hydrogens (primary N) is 1. The lowest BCUT2D eigenvalue weighted by molar-refractivity contribution is 0.239. The monoisotopic (exact) mass is 425 g/mol. The number of fused-ring (bicyclic) bond motifs is 4. The van der Waals surface area contributed by atoms with E-state index in [2.05, 4.69) is 21.2 Å². The number of nitrogens with zero attached hydrogens (tertiary/aromatic N) is 2. The first-order chi connectivity index (χ1) is 15.5. The van der Waals surface area contributed by atoms with Crippen molar-refractivity contribution >= 4 is 38.4 Å². The second-order valence-corrected chi connectivity index (χ2v) is 9.39. The number of nitrogens with one attached hydrogen (secondary N) is 2. The van der Waals surface area contributed by atoms with E-state index < -0.39 is 5.82 Å². The van der Waals surface area contributed by atoms with Gasteiger partial charge in [0.15, 0.2) is 0 Å². The van der Waals surface area contributed by atoms with Gasteiger partial charge in [-0.2, -0.15) is 5.10 Å². The number of rotatable bonds is 2. The van der Waals surface area contributed by atoms with E-state index in [0.717, 1.165) is 16.3 Å². The van der Waals surface area contributed by atoms with Gasteiger partial charge in [-0.3, -0.25) is 14.9 Å². The van der Waals surface area contributed by atoms with Gasteiger partial charge in [-0.15, -0.1) is 0 Å². The average molecular weight is 425 g/mol. The van der Waals surface area contributed by atoms with Crippen LogP contribution in [0, 0.1) is 11.2 Å². The van der Waals surface area contributed by atoms with Gasteiger partial charge >= 0.3 is 0 Å². The van der Waals surface area contributed by atoms with Crippen molar-refractivity contribution in [2.24, 2.45) is 5.41 Å². The summed E-state index contributed by atoms with van der Waals surface area (Å²) in [6.07, 6.45) is 8.38. The highest BCUT2D eigenvalue weighted by molar-refractivity contribution is 6.15. The molecule has 2 aromatic carbocycles. The van der Waals surface area contributed by atoms with Gasteiger partial charge in [0.1, 0.15) is 17.0 Å². The topological polar surface area (TPSA) is 100 Å². The van der Waals surface area contributed by atoms with Gasteiger partial charge in [0.05, 0.1) is 17.2 Å². The van der Waals surface area contributed by atoms with E-state index in [1.165, 1.54) is 37.3 Å². The van der Waals surface area contributed by atoms with Gasteiger partial charge in [0.25, 0.3) is 5.56 Å². The lowest BCUT2D eigenvalue weighted by Gasteiger charge is -2.36. The maximum absolute atomic E-state index is 14.3. The number of aromatic nitrogens is 4. The fourth-order valence-corrected chi connectivity index (χ4v) is 5.66. The first-order valence-electron chi connectivity index (χ1n) is 10.9. The van der Waals surface area contributed by atoms with Crippen LogP contribution in [0.5, 0.6) is 0 Å². The normalized spacial score (nSPS) is 17.4. The Bertz CT molecular complexity index is 1640. The number of halogens is 1. The third kappa shape index (κ3) is 2.30. The van der Waals surface area contributed by atoms with Crippen LogP contribution in [0.2, 0.25) is 0 Å². The smallest absolute Gasteiger partial charge is 0.272 e. The molecule has 2 fully saturated rings. The SMILES string of the molecule is Nc1c(-c2ccc(F)c3[nH]ncc23)c2cc(C3CC4(CC4)C3)c3ncccc3c2[nH]c1=O. The summed E-state index contributed by atoms with van der Waals surface area (Å²) in [7, 11) is 0. The summed E-state index contributed by atoms with van der Waals surface area (Å²) in [5.41, 5.74) is 11.1. The molecule has 158 valence electrons. The highest BCUT2D eigenvalue weighted by Gasteiger charge is 2.53. The standard InChI is InChI=1S/C25H20FN5O/c26-18-4-3-13(17-11-29-31-23(17)18)19-16-8-15(12-9-25(10-12)5-6-25)21-14(2-1-7-28-21)22(16)30-24(32)20(19)27/h1-4,7-8,11-12H,5-6,9-10,27H2,(H,29,31)(H,30,32). The molecule has 0 radical (unpaired) electrons. The Morgan fingerprint density at radius 2 is 1.94 bits per heavy atom. The van der Waals surface area contributed by atoms with Crippen molar-refractivity contribution in [1.29, 1.82) is 0 Å². The molecule has 4 N–H and O–H groups in total. The number of aromatic amines is 2.